The Balaban J connectivity index is 1.26. The molecule has 10 heteroatoms. The SMILES string of the molecule is O=C(CC1CC(OC2CC(C(=O)Nc3cccc4cccnc34)N(C(=O)OCc3ccccc3)C2)C1)NO. The second-order valence-electron chi connectivity index (χ2n) is 9.77. The molecule has 3 amide bonds. The Morgan fingerprint density at radius 3 is 2.55 bits per heavy atom. The van der Waals surface area contributed by atoms with Gasteiger partial charge in [-0.15, -0.1) is 0 Å². The fourth-order valence-corrected chi connectivity index (χ4v) is 5.10. The minimum Gasteiger partial charge on any atom is -0.445 e. The van der Waals surface area contributed by atoms with Crippen molar-refractivity contribution in [2.24, 2.45) is 5.92 Å². The van der Waals surface area contributed by atoms with E-state index in [1.54, 1.807) is 17.7 Å². The molecule has 1 saturated carbocycles. The number of ether oxygens (including phenoxy) is 2. The summed E-state index contributed by atoms with van der Waals surface area (Å²) in [5, 5.41) is 12.6. The van der Waals surface area contributed by atoms with Gasteiger partial charge in [0.1, 0.15) is 12.6 Å². The van der Waals surface area contributed by atoms with Crippen LogP contribution in [0.1, 0.15) is 31.2 Å². The molecule has 1 aliphatic carbocycles. The van der Waals surface area contributed by atoms with E-state index in [4.69, 9.17) is 14.7 Å². The molecule has 2 aromatic carbocycles. The lowest BCUT2D eigenvalue weighted by molar-refractivity contribution is -0.133. The van der Waals surface area contributed by atoms with Gasteiger partial charge in [0.05, 0.1) is 30.0 Å². The normalized spacial score (nSPS) is 22.5. The molecular weight excluding hydrogens is 488 g/mol. The number of rotatable bonds is 8. The van der Waals surface area contributed by atoms with Gasteiger partial charge in [-0.2, -0.15) is 0 Å². The molecule has 3 aromatic rings. The zero-order valence-corrected chi connectivity index (χ0v) is 20.8. The minimum atomic E-state index is -0.779. The molecule has 5 rings (SSSR count). The van der Waals surface area contributed by atoms with Gasteiger partial charge in [-0.05, 0) is 36.5 Å². The van der Waals surface area contributed by atoms with Gasteiger partial charge in [-0.25, -0.2) is 10.3 Å². The summed E-state index contributed by atoms with van der Waals surface area (Å²) < 4.78 is 11.8. The number of fused-ring (bicyclic) bond motifs is 1. The number of pyridine rings is 1. The number of likely N-dealkylation sites (tertiary alicyclic amines) is 1. The second kappa shape index (κ2) is 11.6. The molecule has 10 nitrogen and oxygen atoms in total. The van der Waals surface area contributed by atoms with E-state index < -0.39 is 18.0 Å². The highest BCUT2D eigenvalue weighted by Gasteiger charge is 2.43. The van der Waals surface area contributed by atoms with Crippen LogP contribution in [0.2, 0.25) is 0 Å². The minimum absolute atomic E-state index is 0.0669. The molecule has 2 atom stereocenters. The molecule has 1 aliphatic heterocycles. The third-order valence-electron chi connectivity index (χ3n) is 7.07. The fraction of sp³-hybridized carbons (Fsp3) is 0.357. The van der Waals surface area contributed by atoms with Crippen LogP contribution in [0.5, 0.6) is 0 Å². The Kier molecular flexibility index (Phi) is 7.81. The molecule has 198 valence electrons. The Hall–Kier alpha value is -4.02. The largest absolute Gasteiger partial charge is 0.445 e. The molecule has 2 aliphatic rings. The standard InChI is InChI=1S/C28H30N4O6/c33-25(31-36)14-19-12-21(13-19)38-22-15-24(32(16-22)28(35)37-17-18-6-2-1-3-7-18)27(34)30-23-10-4-8-20-9-5-11-29-26(20)23/h1-11,19,21-22,24,36H,12-17H2,(H,30,34)(H,31,33). The first-order valence-electron chi connectivity index (χ1n) is 12.7. The lowest BCUT2D eigenvalue weighted by Crippen LogP contribution is -2.43. The van der Waals surface area contributed by atoms with E-state index in [1.165, 1.54) is 4.90 Å². The molecule has 3 N–H and O–H groups in total. The first kappa shape index (κ1) is 25.6. The number of aromatic nitrogens is 1. The molecule has 1 saturated heterocycles. The summed E-state index contributed by atoms with van der Waals surface area (Å²) in [6.45, 7) is 0.318. The number of para-hydroxylation sites is 1. The van der Waals surface area contributed by atoms with Crippen molar-refractivity contribution in [3.63, 3.8) is 0 Å². The van der Waals surface area contributed by atoms with Gasteiger partial charge in [-0.1, -0.05) is 48.5 Å². The summed E-state index contributed by atoms with van der Waals surface area (Å²) in [4.78, 5) is 43.8. The summed E-state index contributed by atoms with van der Waals surface area (Å²) >= 11 is 0. The number of amides is 3. The van der Waals surface area contributed by atoms with Crippen LogP contribution in [0.3, 0.4) is 0 Å². The topological polar surface area (TPSA) is 130 Å². The van der Waals surface area contributed by atoms with E-state index in [-0.39, 0.29) is 43.6 Å². The predicted molar refractivity (Wildman–Crippen MR) is 138 cm³/mol. The average molecular weight is 519 g/mol. The van der Waals surface area contributed by atoms with Crippen LogP contribution in [-0.2, 0) is 25.7 Å². The molecule has 1 aromatic heterocycles. The van der Waals surface area contributed by atoms with Crippen LogP contribution < -0.4 is 10.8 Å². The van der Waals surface area contributed by atoms with E-state index >= 15 is 0 Å². The van der Waals surface area contributed by atoms with E-state index in [0.29, 0.717) is 30.5 Å². The highest BCUT2D eigenvalue weighted by Crippen LogP contribution is 2.35. The smallest absolute Gasteiger partial charge is 0.410 e. The Bertz CT molecular complexity index is 1290. The van der Waals surface area contributed by atoms with Gasteiger partial charge < -0.3 is 14.8 Å². The first-order valence-corrected chi connectivity index (χ1v) is 12.7. The molecule has 0 spiro atoms. The van der Waals surface area contributed by atoms with Crippen LogP contribution in [0, 0.1) is 5.92 Å². The fourth-order valence-electron chi connectivity index (χ4n) is 5.10. The number of benzene rings is 2. The molecular formula is C28H30N4O6. The number of hydroxylamine groups is 1. The Labute approximate surface area is 219 Å². The summed E-state index contributed by atoms with van der Waals surface area (Å²) in [6, 6.07) is 17.9. The van der Waals surface area contributed by atoms with Gasteiger partial charge in [-0.3, -0.25) is 24.7 Å². The maximum absolute atomic E-state index is 13.5. The van der Waals surface area contributed by atoms with Crippen molar-refractivity contribution in [3.8, 4) is 0 Å². The van der Waals surface area contributed by atoms with Gasteiger partial charge in [0, 0.05) is 24.4 Å². The molecule has 38 heavy (non-hydrogen) atoms. The lowest BCUT2D eigenvalue weighted by Gasteiger charge is -2.36. The van der Waals surface area contributed by atoms with Crippen molar-refractivity contribution in [3.05, 3.63) is 72.4 Å². The molecule has 2 unspecified atom stereocenters. The summed E-state index contributed by atoms with van der Waals surface area (Å²) in [6.07, 6.45) is 2.59. The van der Waals surface area contributed by atoms with Gasteiger partial charge in [0.15, 0.2) is 0 Å². The van der Waals surface area contributed by atoms with Crippen molar-refractivity contribution >= 4 is 34.5 Å². The van der Waals surface area contributed by atoms with Crippen molar-refractivity contribution in [2.45, 2.75) is 50.5 Å². The zero-order valence-electron chi connectivity index (χ0n) is 20.8. The van der Waals surface area contributed by atoms with Gasteiger partial charge in [0.25, 0.3) is 0 Å². The molecule has 2 fully saturated rings. The van der Waals surface area contributed by atoms with E-state index in [2.05, 4.69) is 10.3 Å². The number of carbonyl (C=O) groups excluding carboxylic acids is 3. The summed E-state index contributed by atoms with van der Waals surface area (Å²) in [5.74, 6) is -0.614. The summed E-state index contributed by atoms with van der Waals surface area (Å²) in [7, 11) is 0. The quantitative estimate of drug-likeness (QED) is 0.307. The van der Waals surface area contributed by atoms with Crippen molar-refractivity contribution in [1.29, 1.82) is 0 Å². The van der Waals surface area contributed by atoms with E-state index in [1.807, 2.05) is 54.6 Å². The monoisotopic (exact) mass is 518 g/mol. The van der Waals surface area contributed by atoms with Crippen LogP contribution >= 0.6 is 0 Å². The van der Waals surface area contributed by atoms with E-state index in [9.17, 15) is 14.4 Å². The zero-order chi connectivity index (χ0) is 26.5. The number of carbonyl (C=O) groups is 3. The van der Waals surface area contributed by atoms with Gasteiger partial charge in [0.2, 0.25) is 11.8 Å². The van der Waals surface area contributed by atoms with Crippen molar-refractivity contribution < 1.29 is 29.1 Å². The van der Waals surface area contributed by atoms with Crippen molar-refractivity contribution in [1.82, 2.24) is 15.4 Å². The van der Waals surface area contributed by atoms with Crippen LogP contribution in [0.15, 0.2) is 66.9 Å². The highest BCUT2D eigenvalue weighted by molar-refractivity contribution is 6.03. The number of nitrogens with one attached hydrogen (secondary N) is 2. The van der Waals surface area contributed by atoms with Crippen LogP contribution in [0.4, 0.5) is 10.5 Å². The lowest BCUT2D eigenvalue weighted by atomic mass is 9.80. The Morgan fingerprint density at radius 1 is 0.974 bits per heavy atom. The predicted octanol–water partition coefficient (Wildman–Crippen LogP) is 3.64. The first-order chi connectivity index (χ1) is 18.5. The number of hydrogen-bond acceptors (Lipinski definition) is 7. The third-order valence-corrected chi connectivity index (χ3v) is 7.07. The number of hydrogen-bond donors (Lipinski definition) is 3. The summed E-state index contributed by atoms with van der Waals surface area (Å²) in [5.41, 5.74) is 3.74. The average Bonchev–Trinajstić information content (AvgIpc) is 3.35. The number of nitrogens with zero attached hydrogens (tertiary/aromatic N) is 2. The number of anilines is 1. The maximum atomic E-state index is 13.5. The van der Waals surface area contributed by atoms with E-state index in [0.717, 1.165) is 10.9 Å². The molecule has 0 radical (unpaired) electrons. The van der Waals surface area contributed by atoms with Crippen LogP contribution in [0.25, 0.3) is 10.9 Å². The van der Waals surface area contributed by atoms with Crippen LogP contribution in [-0.4, -0.2) is 57.8 Å². The second-order valence-corrected chi connectivity index (χ2v) is 9.77. The third kappa shape index (κ3) is 5.92. The van der Waals surface area contributed by atoms with Crippen molar-refractivity contribution in [2.75, 3.05) is 11.9 Å². The molecule has 2 heterocycles. The molecule has 0 bridgehead atoms. The Morgan fingerprint density at radius 2 is 1.76 bits per heavy atom. The highest BCUT2D eigenvalue weighted by atomic mass is 16.6. The van der Waals surface area contributed by atoms with Gasteiger partial charge >= 0.3 is 6.09 Å². The maximum Gasteiger partial charge on any atom is 0.410 e.